The third-order valence-electron chi connectivity index (χ3n) is 11.3. The molecule has 350 valence electrons. The topological polar surface area (TPSA) is 111 Å². The van der Waals surface area contributed by atoms with Crippen molar-refractivity contribution in [2.24, 2.45) is 0 Å². The maximum absolute atomic E-state index is 13.4. The van der Waals surface area contributed by atoms with Crippen molar-refractivity contribution in [3.63, 3.8) is 0 Å². The van der Waals surface area contributed by atoms with Crippen LogP contribution in [0.5, 0.6) is 0 Å². The van der Waals surface area contributed by atoms with Gasteiger partial charge in [0.15, 0.2) is 11.6 Å². The lowest BCUT2D eigenvalue weighted by molar-refractivity contribution is -0.214. The number of Topliss-reactive ketones (excluding diaryl/α,β-unsaturated/α-hetero) is 2. The normalized spacial score (nSPS) is 12.4. The van der Waals surface area contributed by atoms with E-state index in [9.17, 15) is 19.2 Å². The van der Waals surface area contributed by atoms with Gasteiger partial charge in [-0.25, -0.2) is 0 Å². The molecule has 0 bridgehead atoms. The van der Waals surface area contributed by atoms with Crippen molar-refractivity contribution in [2.75, 3.05) is 19.8 Å². The zero-order valence-corrected chi connectivity index (χ0v) is 40.0. The summed E-state index contributed by atoms with van der Waals surface area (Å²) in [7, 11) is 0. The molecule has 0 saturated heterocycles. The number of nitrogens with one attached hydrogen (secondary N) is 2. The summed E-state index contributed by atoms with van der Waals surface area (Å²) in [5, 5.41) is 5.87. The maximum atomic E-state index is 13.4. The molecule has 8 heteroatoms. The second-order valence-electron chi connectivity index (χ2n) is 17.6. The highest BCUT2D eigenvalue weighted by molar-refractivity contribution is 5.90. The van der Waals surface area contributed by atoms with Gasteiger partial charge in [-0.1, -0.05) is 154 Å². The van der Waals surface area contributed by atoms with E-state index in [0.717, 1.165) is 57.8 Å². The SMILES string of the molecule is CCCCCCCC/C=C\CCCCCCCC(=O)NCC(NC(=O)CCCCCCC/C=C\CCCCCCCCC)C(=O)CCCOC(C)(C)OCCCC(=O)CC. The highest BCUT2D eigenvalue weighted by atomic mass is 16.7. The number of ketones is 2. The smallest absolute Gasteiger partial charge is 0.220 e. The van der Waals surface area contributed by atoms with Crippen molar-refractivity contribution < 1.29 is 28.7 Å². The third-order valence-corrected chi connectivity index (χ3v) is 11.3. The second-order valence-corrected chi connectivity index (χ2v) is 17.6. The summed E-state index contributed by atoms with van der Waals surface area (Å²) < 4.78 is 11.7. The van der Waals surface area contributed by atoms with E-state index in [-0.39, 0.29) is 36.3 Å². The molecule has 0 rings (SSSR count). The quantitative estimate of drug-likeness (QED) is 0.0359. The molecule has 0 aromatic heterocycles. The van der Waals surface area contributed by atoms with Crippen LogP contribution in [0.25, 0.3) is 0 Å². The lowest BCUT2D eigenvalue weighted by Crippen LogP contribution is -2.48. The summed E-state index contributed by atoms with van der Waals surface area (Å²) in [6.07, 6.45) is 45.3. The van der Waals surface area contributed by atoms with Crippen molar-refractivity contribution in [2.45, 2.75) is 265 Å². The van der Waals surface area contributed by atoms with E-state index < -0.39 is 11.8 Å². The summed E-state index contributed by atoms with van der Waals surface area (Å²) in [6, 6.07) is -0.760. The number of allylic oxidation sites excluding steroid dienone is 4. The minimum Gasteiger partial charge on any atom is -0.354 e. The average Bonchev–Trinajstić information content (AvgIpc) is 3.23. The zero-order valence-electron chi connectivity index (χ0n) is 40.0. The number of amides is 2. The van der Waals surface area contributed by atoms with Crippen LogP contribution in [0.2, 0.25) is 0 Å². The Morgan fingerprint density at radius 2 is 0.850 bits per heavy atom. The van der Waals surface area contributed by atoms with Crippen LogP contribution < -0.4 is 10.6 Å². The Labute approximate surface area is 370 Å². The predicted octanol–water partition coefficient (Wildman–Crippen LogP) is 13.9. The van der Waals surface area contributed by atoms with Gasteiger partial charge in [-0.3, -0.25) is 19.2 Å². The van der Waals surface area contributed by atoms with E-state index in [0.29, 0.717) is 51.7 Å². The molecular formula is C52H96N2O6. The van der Waals surface area contributed by atoms with Crippen LogP contribution >= 0.6 is 0 Å². The highest BCUT2D eigenvalue weighted by Gasteiger charge is 2.23. The molecule has 0 fully saturated rings. The van der Waals surface area contributed by atoms with E-state index in [4.69, 9.17) is 9.47 Å². The van der Waals surface area contributed by atoms with E-state index in [1.54, 1.807) is 0 Å². The fourth-order valence-electron chi connectivity index (χ4n) is 7.25. The fourth-order valence-corrected chi connectivity index (χ4v) is 7.25. The number of hydrogen-bond acceptors (Lipinski definition) is 6. The number of unbranched alkanes of at least 4 members (excludes halogenated alkanes) is 23. The van der Waals surface area contributed by atoms with E-state index in [1.807, 2.05) is 20.8 Å². The molecule has 1 unspecified atom stereocenters. The molecule has 0 spiro atoms. The lowest BCUT2D eigenvalue weighted by atomic mass is 10.1. The van der Waals surface area contributed by atoms with Crippen molar-refractivity contribution in [1.29, 1.82) is 0 Å². The Morgan fingerprint density at radius 1 is 0.467 bits per heavy atom. The number of rotatable bonds is 46. The van der Waals surface area contributed by atoms with Gasteiger partial charge in [0, 0.05) is 38.6 Å². The standard InChI is InChI=1S/C52H96N2O6/c1-6-9-11-13-15-17-19-21-23-25-27-29-31-33-35-37-43-51(58)54-48(49(56)41-39-45-60-52(4,5)59-44-38-40-47(55)8-3)46-53-50(57)42-36-34-32-30-28-26-24-22-20-18-16-14-12-10-7-2/h22-25,48H,6-21,26-46H2,1-5H3,(H,53,57)(H,54,58)/b24-22-,25-23-. The molecule has 0 aliphatic carbocycles. The summed E-state index contributed by atoms with van der Waals surface area (Å²) >= 11 is 0. The summed E-state index contributed by atoms with van der Waals surface area (Å²) in [4.78, 5) is 50.7. The number of carbonyl (C=O) groups is 4. The molecule has 60 heavy (non-hydrogen) atoms. The van der Waals surface area contributed by atoms with E-state index in [2.05, 4.69) is 48.8 Å². The molecule has 0 saturated carbocycles. The zero-order chi connectivity index (χ0) is 44.2. The van der Waals surface area contributed by atoms with Gasteiger partial charge < -0.3 is 20.1 Å². The second kappa shape index (κ2) is 43.3. The molecule has 0 aromatic carbocycles. The van der Waals surface area contributed by atoms with Crippen LogP contribution in [0.15, 0.2) is 24.3 Å². The molecule has 8 nitrogen and oxygen atoms in total. The van der Waals surface area contributed by atoms with Crippen molar-refractivity contribution in [1.82, 2.24) is 10.6 Å². The van der Waals surface area contributed by atoms with Gasteiger partial charge in [0.1, 0.15) is 11.8 Å². The van der Waals surface area contributed by atoms with E-state index >= 15 is 0 Å². The van der Waals surface area contributed by atoms with Crippen LogP contribution in [0.1, 0.15) is 253 Å². The van der Waals surface area contributed by atoms with Gasteiger partial charge in [-0.2, -0.15) is 0 Å². The van der Waals surface area contributed by atoms with Gasteiger partial charge in [-0.15, -0.1) is 0 Å². The molecule has 0 aliphatic heterocycles. The van der Waals surface area contributed by atoms with Gasteiger partial charge >= 0.3 is 0 Å². The van der Waals surface area contributed by atoms with Gasteiger partial charge in [0.25, 0.3) is 0 Å². The minimum absolute atomic E-state index is 0.0739. The monoisotopic (exact) mass is 845 g/mol. The summed E-state index contributed by atoms with van der Waals surface area (Å²) in [6.45, 7) is 10.9. The molecule has 2 amide bonds. The Balaban J connectivity index is 4.54. The minimum atomic E-state index is -0.826. The third kappa shape index (κ3) is 41.1. The summed E-state index contributed by atoms with van der Waals surface area (Å²) in [5.74, 6) is -0.923. The van der Waals surface area contributed by atoms with Crippen molar-refractivity contribution in [3.8, 4) is 0 Å². The average molecular weight is 845 g/mol. The number of ether oxygens (including phenoxy) is 2. The number of hydrogen-bond donors (Lipinski definition) is 2. The van der Waals surface area contributed by atoms with Crippen molar-refractivity contribution >= 4 is 23.4 Å². The lowest BCUT2D eigenvalue weighted by Gasteiger charge is -2.26. The molecule has 0 aromatic rings. The molecule has 0 heterocycles. The molecule has 0 radical (unpaired) electrons. The van der Waals surface area contributed by atoms with Crippen molar-refractivity contribution in [3.05, 3.63) is 24.3 Å². The Morgan fingerprint density at radius 3 is 1.28 bits per heavy atom. The first kappa shape index (κ1) is 57.7. The highest BCUT2D eigenvalue weighted by Crippen LogP contribution is 2.15. The molecule has 1 atom stereocenters. The predicted molar refractivity (Wildman–Crippen MR) is 253 cm³/mol. The molecule has 0 aliphatic rings. The van der Waals surface area contributed by atoms with Crippen LogP contribution in [-0.2, 0) is 28.7 Å². The van der Waals surface area contributed by atoms with Crippen LogP contribution in [0.3, 0.4) is 0 Å². The van der Waals surface area contributed by atoms with Crippen LogP contribution in [-0.4, -0.2) is 55.0 Å². The Bertz CT molecular complexity index is 1090. The summed E-state index contributed by atoms with van der Waals surface area (Å²) in [5.41, 5.74) is 0. The molecule has 2 N–H and O–H groups in total. The maximum Gasteiger partial charge on any atom is 0.220 e. The Kier molecular flexibility index (Phi) is 41.7. The van der Waals surface area contributed by atoms with Crippen LogP contribution in [0, 0.1) is 0 Å². The van der Waals surface area contributed by atoms with Gasteiger partial charge in [-0.05, 0) is 90.9 Å². The van der Waals surface area contributed by atoms with Gasteiger partial charge in [0.2, 0.25) is 11.8 Å². The first-order valence-corrected chi connectivity index (χ1v) is 25.3. The van der Waals surface area contributed by atoms with Gasteiger partial charge in [0.05, 0.1) is 13.2 Å². The Hall–Kier alpha value is -2.32. The molecular weight excluding hydrogens is 749 g/mol. The van der Waals surface area contributed by atoms with E-state index in [1.165, 1.54) is 116 Å². The largest absolute Gasteiger partial charge is 0.354 e. The first-order valence-electron chi connectivity index (χ1n) is 25.3. The number of carbonyl (C=O) groups excluding carboxylic acids is 4. The fraction of sp³-hybridized carbons (Fsp3) is 0.846. The first-order chi connectivity index (χ1) is 29.1. The van der Waals surface area contributed by atoms with Crippen LogP contribution in [0.4, 0.5) is 0 Å².